The number of nitrogens with zero attached hydrogens (tertiary/aromatic N) is 2. The summed E-state index contributed by atoms with van der Waals surface area (Å²) in [6.45, 7) is 0. The van der Waals surface area contributed by atoms with Crippen molar-refractivity contribution in [3.63, 3.8) is 0 Å². The Kier molecular flexibility index (Phi) is 3.13. The molecule has 0 aliphatic rings. The first kappa shape index (κ1) is 12.0. The molecule has 84 valence electrons. The summed E-state index contributed by atoms with van der Waals surface area (Å²) in [4.78, 5) is 14.2. The van der Waals surface area contributed by atoms with Gasteiger partial charge in [0.25, 0.3) is 0 Å². The normalized spacial score (nSPS) is 10.7. The molecule has 0 saturated heterocycles. The molecular weight excluding hydrogens is 225 g/mol. The Labute approximate surface area is 88.3 Å². The van der Waals surface area contributed by atoms with Crippen molar-refractivity contribution >= 4 is 5.97 Å². The van der Waals surface area contributed by atoms with Crippen LogP contribution < -0.4 is 0 Å². The molecule has 0 aromatic carbocycles. The van der Waals surface area contributed by atoms with Gasteiger partial charge in [-0.2, -0.15) is 18.4 Å². The van der Waals surface area contributed by atoms with E-state index in [0.29, 0.717) is 6.07 Å². The van der Waals surface area contributed by atoms with Crippen LogP contribution in [0.2, 0.25) is 0 Å². The zero-order valence-electron chi connectivity index (χ0n) is 8.00. The number of rotatable bonds is 1. The maximum atomic E-state index is 12.4. The van der Waals surface area contributed by atoms with E-state index in [1.807, 2.05) is 0 Å². The fourth-order valence-electron chi connectivity index (χ4n) is 0.999. The van der Waals surface area contributed by atoms with Gasteiger partial charge in [0, 0.05) is 6.20 Å². The Bertz CT molecular complexity index is 463. The van der Waals surface area contributed by atoms with Gasteiger partial charge in [-0.25, -0.2) is 9.78 Å². The molecule has 0 spiro atoms. The predicted molar refractivity (Wildman–Crippen MR) is 45.3 cm³/mol. The molecule has 0 amide bonds. The third-order valence-electron chi connectivity index (χ3n) is 1.72. The van der Waals surface area contributed by atoms with Gasteiger partial charge in [-0.3, -0.25) is 0 Å². The molecule has 16 heavy (non-hydrogen) atoms. The minimum atomic E-state index is -4.73. The number of carbonyl (C=O) groups is 1. The van der Waals surface area contributed by atoms with Gasteiger partial charge in [0.2, 0.25) is 0 Å². The van der Waals surface area contributed by atoms with Crippen LogP contribution in [-0.4, -0.2) is 18.1 Å². The van der Waals surface area contributed by atoms with Gasteiger partial charge in [-0.05, 0) is 6.07 Å². The number of hydrogen-bond acceptors (Lipinski definition) is 4. The molecule has 1 aromatic heterocycles. The molecule has 0 atom stereocenters. The van der Waals surface area contributed by atoms with Gasteiger partial charge < -0.3 is 4.74 Å². The van der Waals surface area contributed by atoms with E-state index in [1.54, 1.807) is 0 Å². The third-order valence-corrected chi connectivity index (χ3v) is 1.72. The summed E-state index contributed by atoms with van der Waals surface area (Å²) >= 11 is 0. The number of nitriles is 1. The summed E-state index contributed by atoms with van der Waals surface area (Å²) in [5.41, 5.74) is -2.38. The Balaban J connectivity index is 3.34. The SMILES string of the molecule is COC(=O)c1cnc(C#N)c(C(F)(F)F)c1. The Morgan fingerprint density at radius 2 is 2.19 bits per heavy atom. The third kappa shape index (κ3) is 2.28. The summed E-state index contributed by atoms with van der Waals surface area (Å²) in [7, 11) is 1.04. The first-order valence-electron chi connectivity index (χ1n) is 3.95. The van der Waals surface area contributed by atoms with E-state index in [0.717, 1.165) is 13.3 Å². The molecule has 1 aromatic rings. The van der Waals surface area contributed by atoms with E-state index >= 15 is 0 Å². The van der Waals surface area contributed by atoms with E-state index in [1.165, 1.54) is 6.07 Å². The van der Waals surface area contributed by atoms with Crippen molar-refractivity contribution in [2.24, 2.45) is 0 Å². The zero-order chi connectivity index (χ0) is 12.3. The number of aromatic nitrogens is 1. The molecule has 0 radical (unpaired) electrons. The molecular formula is C9H5F3N2O2. The van der Waals surface area contributed by atoms with Crippen molar-refractivity contribution in [1.82, 2.24) is 4.98 Å². The summed E-state index contributed by atoms with van der Waals surface area (Å²) < 4.78 is 41.6. The number of alkyl halides is 3. The van der Waals surface area contributed by atoms with E-state index in [-0.39, 0.29) is 5.56 Å². The summed E-state index contributed by atoms with van der Waals surface area (Å²) in [6, 6.07) is 1.84. The lowest BCUT2D eigenvalue weighted by molar-refractivity contribution is -0.138. The zero-order valence-corrected chi connectivity index (χ0v) is 8.00. The van der Waals surface area contributed by atoms with Crippen LogP contribution in [-0.2, 0) is 10.9 Å². The first-order valence-corrected chi connectivity index (χ1v) is 3.95. The van der Waals surface area contributed by atoms with Crippen molar-refractivity contribution in [1.29, 1.82) is 5.26 Å². The topological polar surface area (TPSA) is 63.0 Å². The highest BCUT2D eigenvalue weighted by Gasteiger charge is 2.35. The molecule has 0 unspecified atom stereocenters. The number of carbonyl (C=O) groups excluding carboxylic acids is 1. The molecule has 0 saturated carbocycles. The molecule has 4 nitrogen and oxygen atoms in total. The second-order valence-electron chi connectivity index (χ2n) is 2.72. The van der Waals surface area contributed by atoms with Crippen LogP contribution in [0.15, 0.2) is 12.3 Å². The Morgan fingerprint density at radius 1 is 1.56 bits per heavy atom. The second-order valence-corrected chi connectivity index (χ2v) is 2.72. The molecule has 1 heterocycles. The molecule has 7 heteroatoms. The highest BCUT2D eigenvalue weighted by Crippen LogP contribution is 2.31. The van der Waals surface area contributed by atoms with Gasteiger partial charge in [0.1, 0.15) is 6.07 Å². The Hall–Kier alpha value is -2.10. The summed E-state index contributed by atoms with van der Waals surface area (Å²) in [5, 5.41) is 8.44. The average molecular weight is 230 g/mol. The quantitative estimate of drug-likeness (QED) is 0.689. The second kappa shape index (κ2) is 4.18. The van der Waals surface area contributed by atoms with Crippen LogP contribution >= 0.6 is 0 Å². The molecule has 0 bridgehead atoms. The lowest BCUT2D eigenvalue weighted by Crippen LogP contribution is -2.12. The highest BCUT2D eigenvalue weighted by atomic mass is 19.4. The van der Waals surface area contributed by atoms with Crippen LogP contribution in [0.25, 0.3) is 0 Å². The van der Waals surface area contributed by atoms with E-state index in [4.69, 9.17) is 5.26 Å². The van der Waals surface area contributed by atoms with Crippen molar-refractivity contribution < 1.29 is 22.7 Å². The van der Waals surface area contributed by atoms with Crippen molar-refractivity contribution in [3.8, 4) is 6.07 Å². The minimum Gasteiger partial charge on any atom is -0.465 e. The molecule has 0 fully saturated rings. The Morgan fingerprint density at radius 3 is 2.62 bits per heavy atom. The number of pyridine rings is 1. The van der Waals surface area contributed by atoms with E-state index < -0.39 is 23.4 Å². The first-order chi connectivity index (χ1) is 7.40. The van der Waals surface area contributed by atoms with Crippen molar-refractivity contribution in [3.05, 3.63) is 29.1 Å². The smallest absolute Gasteiger partial charge is 0.419 e. The van der Waals surface area contributed by atoms with Gasteiger partial charge in [0.15, 0.2) is 5.69 Å². The van der Waals surface area contributed by atoms with Crippen LogP contribution in [0.4, 0.5) is 13.2 Å². The van der Waals surface area contributed by atoms with Crippen molar-refractivity contribution in [2.45, 2.75) is 6.18 Å². The number of esters is 1. The fraction of sp³-hybridized carbons (Fsp3) is 0.222. The van der Waals surface area contributed by atoms with Crippen LogP contribution in [0.5, 0.6) is 0 Å². The molecule has 1 rings (SSSR count). The summed E-state index contributed by atoms with van der Waals surface area (Å²) in [6.07, 6.45) is -3.87. The van der Waals surface area contributed by atoms with Gasteiger partial charge in [0.05, 0.1) is 18.2 Å². The largest absolute Gasteiger partial charge is 0.465 e. The maximum absolute atomic E-state index is 12.4. The van der Waals surface area contributed by atoms with Gasteiger partial charge >= 0.3 is 12.1 Å². The lowest BCUT2D eigenvalue weighted by Gasteiger charge is -2.08. The molecule has 0 N–H and O–H groups in total. The molecule has 0 aliphatic heterocycles. The van der Waals surface area contributed by atoms with Gasteiger partial charge in [-0.15, -0.1) is 0 Å². The number of halogens is 3. The van der Waals surface area contributed by atoms with E-state index in [2.05, 4.69) is 9.72 Å². The summed E-state index contributed by atoms with van der Waals surface area (Å²) in [5.74, 6) is -0.942. The highest BCUT2D eigenvalue weighted by molar-refractivity contribution is 5.89. The van der Waals surface area contributed by atoms with Crippen LogP contribution in [0, 0.1) is 11.3 Å². The molecule has 0 aliphatic carbocycles. The fourth-order valence-corrected chi connectivity index (χ4v) is 0.999. The van der Waals surface area contributed by atoms with Crippen molar-refractivity contribution in [2.75, 3.05) is 7.11 Å². The predicted octanol–water partition coefficient (Wildman–Crippen LogP) is 1.76. The lowest BCUT2D eigenvalue weighted by atomic mass is 10.1. The van der Waals surface area contributed by atoms with E-state index in [9.17, 15) is 18.0 Å². The van der Waals surface area contributed by atoms with Gasteiger partial charge in [-0.1, -0.05) is 0 Å². The minimum absolute atomic E-state index is 0.353. The van der Waals surface area contributed by atoms with Crippen LogP contribution in [0.3, 0.4) is 0 Å². The van der Waals surface area contributed by atoms with Crippen LogP contribution in [0.1, 0.15) is 21.6 Å². The number of hydrogen-bond donors (Lipinski definition) is 0. The number of ether oxygens (including phenoxy) is 1. The average Bonchev–Trinajstić information content (AvgIpc) is 2.26. The maximum Gasteiger partial charge on any atom is 0.419 e. The standard InChI is InChI=1S/C9H5F3N2O2/c1-16-8(15)5-2-6(9(10,11)12)7(3-13)14-4-5/h2,4H,1H3. The number of methoxy groups -OCH3 is 1. The monoisotopic (exact) mass is 230 g/mol.